The third-order valence-electron chi connectivity index (χ3n) is 7.73. The number of benzene rings is 1. The molecule has 1 amide bonds. The zero-order valence-electron chi connectivity index (χ0n) is 18.3. The first-order chi connectivity index (χ1) is 14.9. The van der Waals surface area contributed by atoms with Gasteiger partial charge in [0, 0.05) is 36.2 Å². The van der Waals surface area contributed by atoms with Gasteiger partial charge in [-0.15, -0.1) is 0 Å². The lowest BCUT2D eigenvalue weighted by molar-refractivity contribution is -0.139. The van der Waals surface area contributed by atoms with E-state index in [9.17, 15) is 9.59 Å². The molecule has 0 unspecified atom stereocenters. The van der Waals surface area contributed by atoms with Crippen molar-refractivity contribution in [1.82, 2.24) is 4.90 Å². The minimum absolute atomic E-state index is 0.00459. The Hall–Kier alpha value is -2.74. The summed E-state index contributed by atoms with van der Waals surface area (Å²) in [4.78, 5) is 28.3. The number of nitrogens with one attached hydrogen (secondary N) is 1. The van der Waals surface area contributed by atoms with Crippen molar-refractivity contribution in [3.63, 3.8) is 0 Å². The van der Waals surface area contributed by atoms with E-state index in [4.69, 9.17) is 18.9 Å². The van der Waals surface area contributed by atoms with Crippen LogP contribution in [-0.2, 0) is 24.5 Å². The number of fused-ring (bicyclic) bond motifs is 5. The molecule has 31 heavy (non-hydrogen) atoms. The van der Waals surface area contributed by atoms with Crippen LogP contribution in [0.1, 0.15) is 25.3 Å². The third kappa shape index (κ3) is 2.70. The van der Waals surface area contributed by atoms with Gasteiger partial charge in [0.2, 0.25) is 5.91 Å². The van der Waals surface area contributed by atoms with E-state index < -0.39 is 5.41 Å². The van der Waals surface area contributed by atoms with Crippen LogP contribution in [0.3, 0.4) is 0 Å². The molecule has 5 rings (SSSR count). The van der Waals surface area contributed by atoms with E-state index in [2.05, 4.69) is 10.2 Å². The number of amides is 1. The summed E-state index contributed by atoms with van der Waals surface area (Å²) in [6, 6.07) is 3.75. The van der Waals surface area contributed by atoms with Crippen LogP contribution < -0.4 is 14.8 Å². The van der Waals surface area contributed by atoms with Gasteiger partial charge in [-0.05, 0) is 37.9 Å². The molecule has 8 nitrogen and oxygen atoms in total. The van der Waals surface area contributed by atoms with Gasteiger partial charge >= 0.3 is 5.97 Å². The molecule has 166 valence electrons. The topological polar surface area (TPSA) is 86.3 Å². The highest BCUT2D eigenvalue weighted by Crippen LogP contribution is 2.55. The molecule has 0 bridgehead atoms. The Morgan fingerprint density at radius 3 is 2.68 bits per heavy atom. The molecule has 2 fully saturated rings. The summed E-state index contributed by atoms with van der Waals surface area (Å²) >= 11 is 0. The second-order valence-electron chi connectivity index (χ2n) is 8.85. The number of esters is 1. The van der Waals surface area contributed by atoms with Crippen LogP contribution in [-0.4, -0.2) is 63.3 Å². The van der Waals surface area contributed by atoms with Crippen molar-refractivity contribution in [3.8, 4) is 11.5 Å². The molecular weight excluding hydrogens is 400 g/mol. The Labute approximate surface area is 181 Å². The molecule has 1 spiro atoms. The standard InChI is InChI=1S/C23H28N2O6/c1-12-14-10-25-6-5-23(20(25)7-13(14)15(11-31-12)21(26)30-4)16-8-18(28-2)19(29-3)9-17(16)24-22(23)27/h8-9,11-14,20H,5-7,10H2,1-4H3,(H,24,27)/t12-,13-,14+,20-,23+/m0/s1. The van der Waals surface area contributed by atoms with Gasteiger partial charge in [0.25, 0.3) is 0 Å². The molecule has 5 atom stereocenters. The van der Waals surface area contributed by atoms with Crippen molar-refractivity contribution in [2.45, 2.75) is 37.3 Å². The van der Waals surface area contributed by atoms with Crippen LogP contribution >= 0.6 is 0 Å². The minimum Gasteiger partial charge on any atom is -0.497 e. The monoisotopic (exact) mass is 428 g/mol. The fourth-order valence-corrected chi connectivity index (χ4v) is 6.14. The number of hydrogen-bond acceptors (Lipinski definition) is 7. The first-order valence-corrected chi connectivity index (χ1v) is 10.7. The number of carbonyl (C=O) groups excluding carboxylic acids is 2. The zero-order valence-corrected chi connectivity index (χ0v) is 18.3. The minimum atomic E-state index is -0.678. The number of nitrogens with zero attached hydrogens (tertiary/aromatic N) is 1. The summed E-state index contributed by atoms with van der Waals surface area (Å²) < 4.78 is 21.8. The molecule has 0 radical (unpaired) electrons. The SMILES string of the molecule is COC(=O)C1=CO[C@@H](C)[C@H]2CN3CC[C@]4(C(=O)Nc5cc(OC)c(OC)cc54)[C@@H]3C[C@H]12. The molecular formula is C23H28N2O6. The molecule has 0 aromatic heterocycles. The molecule has 4 aliphatic rings. The maximum Gasteiger partial charge on any atom is 0.337 e. The largest absolute Gasteiger partial charge is 0.497 e. The summed E-state index contributed by atoms with van der Waals surface area (Å²) in [6.07, 6.45) is 2.98. The summed E-state index contributed by atoms with van der Waals surface area (Å²) in [5.74, 6) is 1.02. The first kappa shape index (κ1) is 20.2. The Morgan fingerprint density at radius 1 is 1.23 bits per heavy atom. The number of rotatable bonds is 3. The van der Waals surface area contributed by atoms with E-state index in [0.717, 1.165) is 30.8 Å². The van der Waals surface area contributed by atoms with Gasteiger partial charge in [0.1, 0.15) is 0 Å². The Balaban J connectivity index is 1.57. The van der Waals surface area contributed by atoms with Crippen molar-refractivity contribution in [2.75, 3.05) is 39.7 Å². The highest BCUT2D eigenvalue weighted by atomic mass is 16.5. The maximum absolute atomic E-state index is 13.5. The predicted octanol–water partition coefficient (Wildman–Crippen LogP) is 2.08. The second-order valence-corrected chi connectivity index (χ2v) is 8.85. The Kier molecular flexibility index (Phi) is 4.66. The van der Waals surface area contributed by atoms with Gasteiger partial charge < -0.3 is 24.3 Å². The van der Waals surface area contributed by atoms with Gasteiger partial charge in [-0.25, -0.2) is 4.79 Å². The first-order valence-electron chi connectivity index (χ1n) is 10.7. The van der Waals surface area contributed by atoms with E-state index in [1.54, 1.807) is 20.5 Å². The highest BCUT2D eigenvalue weighted by Gasteiger charge is 2.61. The summed E-state index contributed by atoms with van der Waals surface area (Å²) in [6.45, 7) is 3.64. The second kappa shape index (κ2) is 7.15. The molecule has 2 saturated heterocycles. The fraction of sp³-hybridized carbons (Fsp3) is 0.565. The lowest BCUT2D eigenvalue weighted by atomic mass is 9.66. The average molecular weight is 428 g/mol. The normalized spacial score (nSPS) is 33.5. The van der Waals surface area contributed by atoms with Gasteiger partial charge in [-0.2, -0.15) is 0 Å². The van der Waals surface area contributed by atoms with Gasteiger partial charge in [-0.1, -0.05) is 0 Å². The van der Waals surface area contributed by atoms with E-state index in [1.807, 2.05) is 19.1 Å². The molecule has 4 heterocycles. The van der Waals surface area contributed by atoms with Crippen molar-refractivity contribution in [1.29, 1.82) is 0 Å². The fourth-order valence-electron chi connectivity index (χ4n) is 6.14. The summed E-state index contributed by atoms with van der Waals surface area (Å²) in [5, 5.41) is 3.08. The van der Waals surface area contributed by atoms with E-state index in [-0.39, 0.29) is 35.9 Å². The van der Waals surface area contributed by atoms with Crippen molar-refractivity contribution >= 4 is 17.6 Å². The van der Waals surface area contributed by atoms with E-state index in [0.29, 0.717) is 23.5 Å². The number of methoxy groups -OCH3 is 3. The van der Waals surface area contributed by atoms with Gasteiger partial charge in [0.15, 0.2) is 11.5 Å². The number of hydrogen-bond donors (Lipinski definition) is 1. The zero-order chi connectivity index (χ0) is 21.9. The molecule has 8 heteroatoms. The lowest BCUT2D eigenvalue weighted by Crippen LogP contribution is -2.56. The molecule has 1 N–H and O–H groups in total. The van der Waals surface area contributed by atoms with Gasteiger partial charge in [0.05, 0.1) is 44.7 Å². The van der Waals surface area contributed by atoms with Crippen molar-refractivity contribution < 1.29 is 28.5 Å². The van der Waals surface area contributed by atoms with Crippen LogP contribution in [0.5, 0.6) is 11.5 Å². The molecule has 1 aromatic rings. The Morgan fingerprint density at radius 2 is 1.97 bits per heavy atom. The number of ether oxygens (including phenoxy) is 4. The quantitative estimate of drug-likeness (QED) is 0.738. The Bertz CT molecular complexity index is 975. The number of piperidine rings is 1. The highest BCUT2D eigenvalue weighted by molar-refractivity contribution is 6.07. The smallest absolute Gasteiger partial charge is 0.337 e. The number of anilines is 1. The van der Waals surface area contributed by atoms with E-state index >= 15 is 0 Å². The van der Waals surface area contributed by atoms with Crippen molar-refractivity contribution in [2.24, 2.45) is 11.8 Å². The van der Waals surface area contributed by atoms with E-state index in [1.165, 1.54) is 7.11 Å². The van der Waals surface area contributed by atoms with Crippen LogP contribution in [0.15, 0.2) is 24.0 Å². The molecule has 1 aromatic carbocycles. The molecule has 0 saturated carbocycles. The van der Waals surface area contributed by atoms with Crippen molar-refractivity contribution in [3.05, 3.63) is 29.5 Å². The van der Waals surface area contributed by atoms with Gasteiger partial charge in [-0.3, -0.25) is 9.69 Å². The predicted molar refractivity (Wildman–Crippen MR) is 112 cm³/mol. The van der Waals surface area contributed by atoms with Crippen LogP contribution in [0.4, 0.5) is 5.69 Å². The summed E-state index contributed by atoms with van der Waals surface area (Å²) in [7, 11) is 4.58. The lowest BCUT2D eigenvalue weighted by Gasteiger charge is -2.48. The van der Waals surface area contributed by atoms with Crippen LogP contribution in [0.2, 0.25) is 0 Å². The summed E-state index contributed by atoms with van der Waals surface area (Å²) in [5.41, 5.74) is 1.61. The maximum atomic E-state index is 13.5. The molecule has 0 aliphatic carbocycles. The number of carbonyl (C=O) groups is 2. The third-order valence-corrected chi connectivity index (χ3v) is 7.73. The van der Waals surface area contributed by atoms with Crippen LogP contribution in [0.25, 0.3) is 0 Å². The van der Waals surface area contributed by atoms with Crippen LogP contribution in [0, 0.1) is 11.8 Å². The molecule has 4 aliphatic heterocycles. The average Bonchev–Trinajstić information content (AvgIpc) is 3.29.